The van der Waals surface area contributed by atoms with E-state index in [1.807, 2.05) is 18.2 Å². The van der Waals surface area contributed by atoms with Crippen LogP contribution in [-0.2, 0) is 6.42 Å². The number of aromatic nitrogens is 2. The third-order valence-corrected chi connectivity index (χ3v) is 4.48. The standard InChI is InChI=1S/C18H16FN3OS/c1-12(13-6-3-2-4-7-13)10-16-21-22-18(24-16)20-17(23)14-8-5-9-15(19)11-14/h2-9,11-12H,10H2,1H3,(H,20,22,23). The van der Waals surface area contributed by atoms with Crippen molar-refractivity contribution >= 4 is 22.4 Å². The Hall–Kier alpha value is -2.60. The van der Waals surface area contributed by atoms with E-state index in [9.17, 15) is 9.18 Å². The molecule has 2 aromatic carbocycles. The van der Waals surface area contributed by atoms with Crippen LogP contribution < -0.4 is 5.32 Å². The van der Waals surface area contributed by atoms with Crippen molar-refractivity contribution in [2.45, 2.75) is 19.3 Å². The van der Waals surface area contributed by atoms with Crippen molar-refractivity contribution in [2.24, 2.45) is 0 Å². The molecule has 0 saturated heterocycles. The summed E-state index contributed by atoms with van der Waals surface area (Å²) in [7, 11) is 0. The second-order valence-electron chi connectivity index (χ2n) is 5.48. The summed E-state index contributed by atoms with van der Waals surface area (Å²) in [4.78, 5) is 12.1. The van der Waals surface area contributed by atoms with Crippen LogP contribution in [-0.4, -0.2) is 16.1 Å². The number of nitrogens with zero attached hydrogens (tertiary/aromatic N) is 2. The van der Waals surface area contributed by atoms with Gasteiger partial charge >= 0.3 is 0 Å². The molecule has 0 bridgehead atoms. The van der Waals surface area contributed by atoms with Crippen molar-refractivity contribution in [3.05, 3.63) is 76.5 Å². The Morgan fingerprint density at radius 2 is 1.96 bits per heavy atom. The lowest BCUT2D eigenvalue weighted by Gasteiger charge is -2.08. The molecular formula is C18H16FN3OS. The first-order valence-corrected chi connectivity index (χ1v) is 8.37. The average molecular weight is 341 g/mol. The van der Waals surface area contributed by atoms with E-state index in [0.29, 0.717) is 11.0 Å². The lowest BCUT2D eigenvalue weighted by molar-refractivity contribution is 0.102. The fourth-order valence-corrected chi connectivity index (χ4v) is 3.21. The first kappa shape index (κ1) is 16.3. The Labute approximate surface area is 143 Å². The molecule has 0 saturated carbocycles. The molecule has 1 unspecified atom stereocenters. The minimum absolute atomic E-state index is 0.254. The summed E-state index contributed by atoms with van der Waals surface area (Å²) < 4.78 is 13.2. The fourth-order valence-electron chi connectivity index (χ4n) is 2.35. The van der Waals surface area contributed by atoms with Gasteiger partial charge in [0.1, 0.15) is 10.8 Å². The molecule has 0 spiro atoms. The van der Waals surface area contributed by atoms with Gasteiger partial charge in [-0.2, -0.15) is 0 Å². The largest absolute Gasteiger partial charge is 0.296 e. The number of anilines is 1. The summed E-state index contributed by atoms with van der Waals surface area (Å²) in [6.07, 6.45) is 0.748. The summed E-state index contributed by atoms with van der Waals surface area (Å²) in [6.45, 7) is 2.13. The highest BCUT2D eigenvalue weighted by Gasteiger charge is 2.13. The Morgan fingerprint density at radius 1 is 1.17 bits per heavy atom. The molecule has 1 aromatic heterocycles. The molecule has 0 fully saturated rings. The SMILES string of the molecule is CC(Cc1nnc(NC(=O)c2cccc(F)c2)s1)c1ccccc1. The molecule has 122 valence electrons. The molecule has 0 aliphatic heterocycles. The van der Waals surface area contributed by atoms with Gasteiger partial charge in [-0.1, -0.05) is 54.7 Å². The number of amides is 1. The third-order valence-electron chi connectivity index (χ3n) is 3.62. The second kappa shape index (κ2) is 7.31. The van der Waals surface area contributed by atoms with E-state index >= 15 is 0 Å². The van der Waals surface area contributed by atoms with E-state index in [-0.39, 0.29) is 5.56 Å². The van der Waals surface area contributed by atoms with Gasteiger partial charge < -0.3 is 0 Å². The smallest absolute Gasteiger partial charge is 0.257 e. The van der Waals surface area contributed by atoms with Gasteiger partial charge in [-0.25, -0.2) is 4.39 Å². The minimum Gasteiger partial charge on any atom is -0.296 e. The van der Waals surface area contributed by atoms with Crippen molar-refractivity contribution < 1.29 is 9.18 Å². The third kappa shape index (κ3) is 4.02. The monoisotopic (exact) mass is 341 g/mol. The molecule has 4 nitrogen and oxygen atoms in total. The number of carbonyl (C=O) groups excluding carboxylic acids is 1. The number of hydrogen-bond acceptors (Lipinski definition) is 4. The maximum Gasteiger partial charge on any atom is 0.257 e. The van der Waals surface area contributed by atoms with Crippen LogP contribution in [0.25, 0.3) is 0 Å². The Morgan fingerprint density at radius 3 is 2.71 bits per heavy atom. The molecule has 6 heteroatoms. The molecular weight excluding hydrogens is 325 g/mol. The van der Waals surface area contributed by atoms with Crippen LogP contribution in [0.3, 0.4) is 0 Å². The van der Waals surface area contributed by atoms with Crippen LogP contribution in [0.5, 0.6) is 0 Å². The lowest BCUT2D eigenvalue weighted by Crippen LogP contribution is -2.11. The predicted octanol–water partition coefficient (Wildman–Crippen LogP) is 4.28. The minimum atomic E-state index is -0.447. The summed E-state index contributed by atoms with van der Waals surface area (Å²) in [6, 6.07) is 15.7. The molecule has 0 radical (unpaired) electrons. The van der Waals surface area contributed by atoms with Crippen LogP contribution in [0.2, 0.25) is 0 Å². The predicted molar refractivity (Wildman–Crippen MR) is 92.8 cm³/mol. The molecule has 24 heavy (non-hydrogen) atoms. The molecule has 1 amide bonds. The van der Waals surface area contributed by atoms with Crippen molar-refractivity contribution in [3.8, 4) is 0 Å². The Balaban J connectivity index is 1.64. The molecule has 0 aliphatic carbocycles. The van der Waals surface area contributed by atoms with E-state index in [0.717, 1.165) is 11.4 Å². The highest BCUT2D eigenvalue weighted by Crippen LogP contribution is 2.24. The Kier molecular flexibility index (Phi) is 4.96. The summed E-state index contributed by atoms with van der Waals surface area (Å²) in [5.41, 5.74) is 1.49. The molecule has 1 N–H and O–H groups in total. The van der Waals surface area contributed by atoms with E-state index in [1.165, 1.54) is 35.1 Å². The quantitative estimate of drug-likeness (QED) is 0.754. The lowest BCUT2D eigenvalue weighted by atomic mass is 9.98. The maximum absolute atomic E-state index is 13.2. The molecule has 1 atom stereocenters. The molecule has 3 aromatic rings. The molecule has 0 aliphatic rings. The van der Waals surface area contributed by atoms with Gasteiger partial charge in [0.2, 0.25) is 5.13 Å². The van der Waals surface area contributed by atoms with Gasteiger partial charge in [0.25, 0.3) is 5.91 Å². The van der Waals surface area contributed by atoms with Crippen LogP contribution in [0.1, 0.15) is 33.8 Å². The van der Waals surface area contributed by atoms with Crippen molar-refractivity contribution in [1.82, 2.24) is 10.2 Å². The first-order chi connectivity index (χ1) is 11.6. The zero-order chi connectivity index (χ0) is 16.9. The summed E-state index contributed by atoms with van der Waals surface area (Å²) in [5, 5.41) is 12.0. The van der Waals surface area contributed by atoms with Gasteiger partial charge in [-0.3, -0.25) is 10.1 Å². The van der Waals surface area contributed by atoms with Gasteiger partial charge in [-0.15, -0.1) is 10.2 Å². The normalized spacial score (nSPS) is 11.9. The van der Waals surface area contributed by atoms with Crippen LogP contribution in [0, 0.1) is 5.82 Å². The van der Waals surface area contributed by atoms with E-state index in [4.69, 9.17) is 0 Å². The average Bonchev–Trinajstić information content (AvgIpc) is 3.02. The highest BCUT2D eigenvalue weighted by atomic mass is 32.1. The van der Waals surface area contributed by atoms with Gasteiger partial charge in [0.15, 0.2) is 0 Å². The number of nitrogens with one attached hydrogen (secondary N) is 1. The van der Waals surface area contributed by atoms with Gasteiger partial charge in [-0.05, 0) is 29.7 Å². The van der Waals surface area contributed by atoms with Gasteiger partial charge in [0, 0.05) is 12.0 Å². The molecule has 3 rings (SSSR count). The van der Waals surface area contributed by atoms with Crippen LogP contribution in [0.15, 0.2) is 54.6 Å². The zero-order valence-electron chi connectivity index (χ0n) is 13.1. The highest BCUT2D eigenvalue weighted by molar-refractivity contribution is 7.15. The van der Waals surface area contributed by atoms with E-state index in [2.05, 4.69) is 34.6 Å². The number of halogens is 1. The number of hydrogen-bond donors (Lipinski definition) is 1. The second-order valence-corrected chi connectivity index (χ2v) is 6.54. The maximum atomic E-state index is 13.2. The van der Waals surface area contributed by atoms with Crippen molar-refractivity contribution in [2.75, 3.05) is 5.32 Å². The van der Waals surface area contributed by atoms with Gasteiger partial charge in [0.05, 0.1) is 0 Å². The van der Waals surface area contributed by atoms with E-state index in [1.54, 1.807) is 6.07 Å². The van der Waals surface area contributed by atoms with Crippen LogP contribution in [0.4, 0.5) is 9.52 Å². The molecule has 1 heterocycles. The summed E-state index contributed by atoms with van der Waals surface area (Å²) >= 11 is 1.34. The van der Waals surface area contributed by atoms with Crippen molar-refractivity contribution in [1.29, 1.82) is 0 Å². The topological polar surface area (TPSA) is 54.9 Å². The Bertz CT molecular complexity index is 835. The first-order valence-electron chi connectivity index (χ1n) is 7.56. The van der Waals surface area contributed by atoms with Crippen molar-refractivity contribution in [3.63, 3.8) is 0 Å². The number of benzene rings is 2. The summed E-state index contributed by atoms with van der Waals surface area (Å²) in [5.74, 6) is -0.531. The van der Waals surface area contributed by atoms with E-state index < -0.39 is 11.7 Å². The number of carbonyl (C=O) groups is 1. The number of rotatable bonds is 5. The van der Waals surface area contributed by atoms with Crippen LogP contribution >= 0.6 is 11.3 Å². The zero-order valence-corrected chi connectivity index (χ0v) is 13.9. The fraction of sp³-hybridized carbons (Fsp3) is 0.167.